The summed E-state index contributed by atoms with van der Waals surface area (Å²) in [5, 5.41) is 21.3. The van der Waals surface area contributed by atoms with E-state index in [-0.39, 0.29) is 13.2 Å². The highest BCUT2D eigenvalue weighted by atomic mass is 32.2. The number of hydrazine groups is 1. The van der Waals surface area contributed by atoms with Crippen LogP contribution in [0, 0.1) is 0 Å². The number of anilines is 2. The van der Waals surface area contributed by atoms with Gasteiger partial charge in [0.15, 0.2) is 5.16 Å². The summed E-state index contributed by atoms with van der Waals surface area (Å²) in [6.07, 6.45) is 1.84. The molecule has 0 unspecified atom stereocenters. The van der Waals surface area contributed by atoms with Gasteiger partial charge in [0.05, 0.1) is 19.3 Å². The molecular weight excluding hydrogens is 230 g/mol. The first kappa shape index (κ1) is 13.0. The molecule has 8 heteroatoms. The third-order valence-electron chi connectivity index (χ3n) is 1.83. The van der Waals surface area contributed by atoms with Gasteiger partial charge in [0.1, 0.15) is 11.6 Å². The highest BCUT2D eigenvalue weighted by Crippen LogP contribution is 2.16. The van der Waals surface area contributed by atoms with E-state index >= 15 is 0 Å². The van der Waals surface area contributed by atoms with Crippen molar-refractivity contribution in [1.29, 1.82) is 0 Å². The van der Waals surface area contributed by atoms with E-state index in [1.807, 2.05) is 6.26 Å². The third kappa shape index (κ3) is 3.49. The summed E-state index contributed by atoms with van der Waals surface area (Å²) in [7, 11) is 0. The van der Waals surface area contributed by atoms with Crippen LogP contribution in [0.4, 0.5) is 11.6 Å². The maximum atomic E-state index is 8.93. The fraction of sp³-hybridized carbons (Fsp3) is 0.500. The van der Waals surface area contributed by atoms with Crippen molar-refractivity contribution in [2.75, 3.05) is 30.2 Å². The van der Waals surface area contributed by atoms with Gasteiger partial charge in [-0.25, -0.2) is 15.8 Å². The Balaban J connectivity index is 2.85. The number of hydrogen-bond donors (Lipinski definition) is 5. The Kier molecular flexibility index (Phi) is 5.26. The molecule has 1 rings (SSSR count). The van der Waals surface area contributed by atoms with Gasteiger partial charge in [-0.1, -0.05) is 11.8 Å². The number of hydrogen-bond acceptors (Lipinski definition) is 8. The van der Waals surface area contributed by atoms with Gasteiger partial charge in [-0.3, -0.25) is 0 Å². The van der Waals surface area contributed by atoms with E-state index in [1.165, 1.54) is 11.8 Å². The maximum absolute atomic E-state index is 8.93. The molecule has 0 fully saturated rings. The lowest BCUT2D eigenvalue weighted by Gasteiger charge is -2.14. The molecule has 0 saturated heterocycles. The lowest BCUT2D eigenvalue weighted by molar-refractivity contribution is 0.203. The molecular formula is C8H15N5O2S. The van der Waals surface area contributed by atoms with Gasteiger partial charge in [0.2, 0.25) is 0 Å². The zero-order valence-corrected chi connectivity index (χ0v) is 9.66. The first-order valence-electron chi connectivity index (χ1n) is 4.61. The highest BCUT2D eigenvalue weighted by molar-refractivity contribution is 7.98. The lowest BCUT2D eigenvalue weighted by atomic mass is 10.3. The first-order chi connectivity index (χ1) is 7.73. The first-order valence-corrected chi connectivity index (χ1v) is 5.84. The molecule has 0 amide bonds. The van der Waals surface area contributed by atoms with Crippen LogP contribution in [0.3, 0.4) is 0 Å². The van der Waals surface area contributed by atoms with Crippen molar-refractivity contribution in [3.63, 3.8) is 0 Å². The van der Waals surface area contributed by atoms with Crippen LogP contribution >= 0.6 is 11.8 Å². The maximum Gasteiger partial charge on any atom is 0.191 e. The summed E-state index contributed by atoms with van der Waals surface area (Å²) in [6.45, 7) is -0.360. The number of nitrogens with two attached hydrogens (primary N) is 1. The van der Waals surface area contributed by atoms with E-state index in [4.69, 9.17) is 16.1 Å². The largest absolute Gasteiger partial charge is 0.394 e. The van der Waals surface area contributed by atoms with E-state index < -0.39 is 6.04 Å². The number of nitrogens with zero attached hydrogens (tertiary/aromatic N) is 2. The van der Waals surface area contributed by atoms with E-state index in [1.54, 1.807) is 6.07 Å². The van der Waals surface area contributed by atoms with Crippen molar-refractivity contribution in [3.8, 4) is 0 Å². The Bertz CT molecular complexity index is 312. The van der Waals surface area contributed by atoms with Crippen LogP contribution in [-0.2, 0) is 0 Å². The second kappa shape index (κ2) is 6.48. The number of nitrogen functional groups attached to an aromatic ring is 1. The predicted octanol–water partition coefficient (Wildman–Crippen LogP) is -0.751. The highest BCUT2D eigenvalue weighted by Gasteiger charge is 2.08. The number of thioether (sulfide) groups is 1. The van der Waals surface area contributed by atoms with Gasteiger partial charge >= 0.3 is 0 Å². The quantitative estimate of drug-likeness (QED) is 0.192. The van der Waals surface area contributed by atoms with Crippen LogP contribution < -0.4 is 16.6 Å². The molecule has 0 atom stereocenters. The fourth-order valence-corrected chi connectivity index (χ4v) is 1.40. The monoisotopic (exact) mass is 245 g/mol. The minimum absolute atomic E-state index is 0.180. The van der Waals surface area contributed by atoms with Crippen molar-refractivity contribution < 1.29 is 10.2 Å². The molecule has 1 heterocycles. The molecule has 0 aromatic carbocycles. The number of aliphatic hydroxyl groups excluding tert-OH is 2. The van der Waals surface area contributed by atoms with Crippen molar-refractivity contribution in [3.05, 3.63) is 6.07 Å². The lowest BCUT2D eigenvalue weighted by Crippen LogP contribution is -2.28. The standard InChI is InChI=1S/C8H15N5O2S/c1-16-8-11-6(2-7(12-8)13-9)10-5(3-14)4-15/h2,5,14-15H,3-4,9H2,1H3,(H2,10,11,12,13). The Labute approximate surface area is 97.5 Å². The number of nitrogens with one attached hydrogen (secondary N) is 2. The fourth-order valence-electron chi connectivity index (χ4n) is 1.02. The molecule has 0 saturated carbocycles. The normalized spacial score (nSPS) is 10.6. The molecule has 0 radical (unpaired) electrons. The van der Waals surface area contributed by atoms with Gasteiger partial charge in [-0.05, 0) is 6.26 Å². The second-order valence-corrected chi connectivity index (χ2v) is 3.75. The molecule has 0 aliphatic rings. The topological polar surface area (TPSA) is 116 Å². The number of rotatable bonds is 6. The SMILES string of the molecule is CSc1nc(NN)cc(NC(CO)CO)n1. The van der Waals surface area contributed by atoms with E-state index in [9.17, 15) is 0 Å². The van der Waals surface area contributed by atoms with E-state index in [0.717, 1.165) is 0 Å². The van der Waals surface area contributed by atoms with E-state index in [0.29, 0.717) is 16.8 Å². The van der Waals surface area contributed by atoms with Gasteiger partial charge < -0.3 is 21.0 Å². The second-order valence-electron chi connectivity index (χ2n) is 2.98. The summed E-state index contributed by atoms with van der Waals surface area (Å²) >= 11 is 1.37. The Morgan fingerprint density at radius 2 is 2.00 bits per heavy atom. The molecule has 1 aromatic rings. The minimum atomic E-state index is -0.449. The summed E-state index contributed by atoms with van der Waals surface area (Å²) in [6, 6.07) is 1.15. The average Bonchev–Trinajstić information content (AvgIpc) is 2.35. The van der Waals surface area contributed by atoms with Crippen LogP contribution in [0.1, 0.15) is 0 Å². The molecule has 7 nitrogen and oxygen atoms in total. The van der Waals surface area contributed by atoms with Crippen molar-refractivity contribution in [2.45, 2.75) is 11.2 Å². The minimum Gasteiger partial charge on any atom is -0.394 e. The third-order valence-corrected chi connectivity index (χ3v) is 2.38. The van der Waals surface area contributed by atoms with Crippen molar-refractivity contribution in [2.24, 2.45) is 5.84 Å². The molecule has 0 bridgehead atoms. The van der Waals surface area contributed by atoms with Crippen molar-refractivity contribution in [1.82, 2.24) is 9.97 Å². The Morgan fingerprint density at radius 1 is 1.38 bits per heavy atom. The molecule has 0 spiro atoms. The van der Waals surface area contributed by atoms with Gasteiger partial charge in [-0.15, -0.1) is 0 Å². The predicted molar refractivity (Wildman–Crippen MR) is 63.2 cm³/mol. The van der Waals surface area contributed by atoms with Crippen LogP contribution in [0.15, 0.2) is 11.2 Å². The number of aliphatic hydroxyl groups is 2. The van der Waals surface area contributed by atoms with Crippen LogP contribution in [0.2, 0.25) is 0 Å². The molecule has 0 aliphatic carbocycles. The van der Waals surface area contributed by atoms with Gasteiger partial charge in [0.25, 0.3) is 0 Å². The molecule has 0 aliphatic heterocycles. The zero-order chi connectivity index (χ0) is 12.0. The van der Waals surface area contributed by atoms with Crippen LogP contribution in [0.25, 0.3) is 0 Å². The zero-order valence-electron chi connectivity index (χ0n) is 8.84. The molecule has 90 valence electrons. The summed E-state index contributed by atoms with van der Waals surface area (Å²) in [4.78, 5) is 8.24. The smallest absolute Gasteiger partial charge is 0.191 e. The Morgan fingerprint density at radius 3 is 2.50 bits per heavy atom. The summed E-state index contributed by atoms with van der Waals surface area (Å²) < 4.78 is 0. The summed E-state index contributed by atoms with van der Waals surface area (Å²) in [5.41, 5.74) is 2.42. The van der Waals surface area contributed by atoms with Crippen molar-refractivity contribution >= 4 is 23.4 Å². The van der Waals surface area contributed by atoms with Crippen LogP contribution in [0.5, 0.6) is 0 Å². The summed E-state index contributed by atoms with van der Waals surface area (Å²) in [5.74, 6) is 6.23. The average molecular weight is 245 g/mol. The Hall–Kier alpha value is -1.09. The number of aromatic nitrogens is 2. The molecule has 1 aromatic heterocycles. The van der Waals surface area contributed by atoms with E-state index in [2.05, 4.69) is 20.7 Å². The van der Waals surface area contributed by atoms with Gasteiger partial charge in [0, 0.05) is 6.07 Å². The van der Waals surface area contributed by atoms with Crippen LogP contribution in [-0.4, -0.2) is 45.7 Å². The molecule has 6 N–H and O–H groups in total. The van der Waals surface area contributed by atoms with Gasteiger partial charge in [-0.2, -0.15) is 0 Å². The molecule has 16 heavy (non-hydrogen) atoms.